The predicted molar refractivity (Wildman–Crippen MR) is 91.4 cm³/mol. The number of rotatable bonds is 8. The molecular weight excluding hydrogens is 344 g/mol. The number of aromatic nitrogens is 2. The van der Waals surface area contributed by atoms with E-state index in [0.717, 1.165) is 5.69 Å². The first-order chi connectivity index (χ1) is 11.9. The molecule has 1 aromatic heterocycles. The second kappa shape index (κ2) is 8.65. The van der Waals surface area contributed by atoms with Crippen LogP contribution in [0.25, 0.3) is 0 Å². The zero-order valence-corrected chi connectivity index (χ0v) is 14.5. The zero-order valence-electron chi connectivity index (χ0n) is 13.7. The molecule has 0 aliphatic heterocycles. The smallest absolute Gasteiger partial charge is 0.251 e. The van der Waals surface area contributed by atoms with Gasteiger partial charge >= 0.3 is 0 Å². The number of carbonyl (C=O) groups excluding carboxylic acids is 1. The summed E-state index contributed by atoms with van der Waals surface area (Å²) < 4.78 is 26.1. The summed E-state index contributed by atoms with van der Waals surface area (Å²) in [4.78, 5) is 20.4. The Bertz CT molecular complexity index is 795. The van der Waals surface area contributed by atoms with Gasteiger partial charge in [-0.15, -0.1) is 0 Å². The molecule has 0 spiro atoms. The SMILES string of the molecule is C[C@@H](Cc1cnccn1)NC(=O)c1ccc(S(=O)(=O)NCCO)cc1. The first-order valence-electron chi connectivity index (χ1n) is 7.68. The van der Waals surface area contributed by atoms with E-state index in [0.29, 0.717) is 12.0 Å². The Labute approximate surface area is 146 Å². The van der Waals surface area contributed by atoms with E-state index in [1.165, 1.54) is 24.3 Å². The Balaban J connectivity index is 1.98. The third-order valence-electron chi connectivity index (χ3n) is 3.34. The fraction of sp³-hybridized carbons (Fsp3) is 0.312. The molecule has 0 unspecified atom stereocenters. The maximum absolute atomic E-state index is 12.2. The molecule has 0 aliphatic carbocycles. The second-order valence-corrected chi connectivity index (χ2v) is 7.19. The standard InChI is InChI=1S/C16H20N4O4S/c1-12(10-14-11-17-6-7-18-14)20-16(22)13-2-4-15(5-3-13)25(23,24)19-8-9-21/h2-7,11-12,19,21H,8-10H2,1H3,(H,20,22)/t12-/m0/s1. The summed E-state index contributed by atoms with van der Waals surface area (Å²) in [5.41, 5.74) is 1.12. The fourth-order valence-corrected chi connectivity index (χ4v) is 3.18. The molecule has 1 atom stereocenters. The number of nitrogens with one attached hydrogen (secondary N) is 2. The van der Waals surface area contributed by atoms with Crippen LogP contribution in [0, 0.1) is 0 Å². The number of nitrogens with zero attached hydrogens (tertiary/aromatic N) is 2. The fourth-order valence-electron chi connectivity index (χ4n) is 2.16. The zero-order chi connectivity index (χ0) is 18.3. The summed E-state index contributed by atoms with van der Waals surface area (Å²) in [7, 11) is -3.69. The minimum absolute atomic E-state index is 0.0325. The second-order valence-electron chi connectivity index (χ2n) is 5.42. The van der Waals surface area contributed by atoms with Crippen molar-refractivity contribution in [2.75, 3.05) is 13.2 Å². The van der Waals surface area contributed by atoms with Crippen molar-refractivity contribution in [3.05, 3.63) is 54.1 Å². The summed E-state index contributed by atoms with van der Waals surface area (Å²) in [6.45, 7) is 1.50. The lowest BCUT2D eigenvalue weighted by Gasteiger charge is -2.13. The molecule has 25 heavy (non-hydrogen) atoms. The van der Waals surface area contributed by atoms with E-state index < -0.39 is 10.0 Å². The van der Waals surface area contributed by atoms with Crippen LogP contribution < -0.4 is 10.0 Å². The number of benzene rings is 1. The molecule has 1 amide bonds. The van der Waals surface area contributed by atoms with Crippen molar-refractivity contribution >= 4 is 15.9 Å². The average molecular weight is 364 g/mol. The van der Waals surface area contributed by atoms with Crippen molar-refractivity contribution in [2.24, 2.45) is 0 Å². The number of amides is 1. The van der Waals surface area contributed by atoms with Crippen molar-refractivity contribution in [1.29, 1.82) is 0 Å². The highest BCUT2D eigenvalue weighted by Crippen LogP contribution is 2.11. The molecular formula is C16H20N4O4S. The number of carbonyl (C=O) groups is 1. The number of aliphatic hydroxyl groups excluding tert-OH is 1. The molecule has 0 saturated heterocycles. The van der Waals surface area contributed by atoms with Gasteiger partial charge in [0.25, 0.3) is 5.91 Å². The largest absolute Gasteiger partial charge is 0.395 e. The van der Waals surface area contributed by atoms with Crippen molar-refractivity contribution in [1.82, 2.24) is 20.0 Å². The Morgan fingerprint density at radius 2 is 1.96 bits per heavy atom. The van der Waals surface area contributed by atoms with Gasteiger partial charge in [-0.25, -0.2) is 13.1 Å². The van der Waals surface area contributed by atoms with Crippen molar-refractivity contribution in [2.45, 2.75) is 24.3 Å². The lowest BCUT2D eigenvalue weighted by Crippen LogP contribution is -2.34. The molecule has 3 N–H and O–H groups in total. The van der Waals surface area contributed by atoms with Crippen LogP contribution in [-0.2, 0) is 16.4 Å². The van der Waals surface area contributed by atoms with Gasteiger partial charge in [-0.2, -0.15) is 0 Å². The number of sulfonamides is 1. The molecule has 0 radical (unpaired) electrons. The molecule has 1 heterocycles. The Kier molecular flexibility index (Phi) is 6.57. The van der Waals surface area contributed by atoms with E-state index >= 15 is 0 Å². The van der Waals surface area contributed by atoms with E-state index in [9.17, 15) is 13.2 Å². The van der Waals surface area contributed by atoms with Crippen LogP contribution >= 0.6 is 0 Å². The van der Waals surface area contributed by atoms with Gasteiger partial charge in [0.1, 0.15) is 0 Å². The van der Waals surface area contributed by atoms with Gasteiger partial charge in [0, 0.05) is 43.2 Å². The van der Waals surface area contributed by atoms with Gasteiger partial charge in [0.2, 0.25) is 10.0 Å². The van der Waals surface area contributed by atoms with Gasteiger partial charge in [-0.1, -0.05) is 0 Å². The average Bonchev–Trinajstić information content (AvgIpc) is 2.61. The van der Waals surface area contributed by atoms with E-state index in [4.69, 9.17) is 5.11 Å². The summed E-state index contributed by atoms with van der Waals surface area (Å²) in [6.07, 6.45) is 5.35. The van der Waals surface area contributed by atoms with Gasteiger partial charge in [0.15, 0.2) is 0 Å². The van der Waals surface area contributed by atoms with Crippen molar-refractivity contribution in [3.63, 3.8) is 0 Å². The van der Waals surface area contributed by atoms with Crippen LogP contribution in [0.3, 0.4) is 0 Å². The number of hydrogen-bond acceptors (Lipinski definition) is 6. The first kappa shape index (κ1) is 19.0. The van der Waals surface area contributed by atoms with Crippen LogP contribution in [0.4, 0.5) is 0 Å². The number of hydrogen-bond donors (Lipinski definition) is 3. The van der Waals surface area contributed by atoms with E-state index in [1.807, 2.05) is 6.92 Å². The maximum atomic E-state index is 12.2. The summed E-state index contributed by atoms with van der Waals surface area (Å²) in [6, 6.07) is 5.43. The van der Waals surface area contributed by atoms with Crippen LogP contribution in [0.5, 0.6) is 0 Å². The quantitative estimate of drug-likeness (QED) is 0.611. The van der Waals surface area contributed by atoms with Crippen LogP contribution in [-0.4, -0.2) is 48.6 Å². The lowest BCUT2D eigenvalue weighted by atomic mass is 10.1. The van der Waals surface area contributed by atoms with E-state index in [-0.39, 0.29) is 30.0 Å². The highest BCUT2D eigenvalue weighted by atomic mass is 32.2. The lowest BCUT2D eigenvalue weighted by molar-refractivity contribution is 0.0940. The van der Waals surface area contributed by atoms with Gasteiger partial charge in [0.05, 0.1) is 17.2 Å². The van der Waals surface area contributed by atoms with Crippen molar-refractivity contribution in [3.8, 4) is 0 Å². The monoisotopic (exact) mass is 364 g/mol. The molecule has 2 aromatic rings. The van der Waals surface area contributed by atoms with Gasteiger partial charge < -0.3 is 10.4 Å². The first-order valence-corrected chi connectivity index (χ1v) is 9.17. The molecule has 0 saturated carbocycles. The van der Waals surface area contributed by atoms with Crippen LogP contribution in [0.15, 0.2) is 47.8 Å². The number of aliphatic hydroxyl groups is 1. The third-order valence-corrected chi connectivity index (χ3v) is 4.82. The van der Waals surface area contributed by atoms with E-state index in [1.54, 1.807) is 18.6 Å². The molecule has 134 valence electrons. The third kappa shape index (κ3) is 5.59. The highest BCUT2D eigenvalue weighted by molar-refractivity contribution is 7.89. The molecule has 0 fully saturated rings. The molecule has 8 nitrogen and oxygen atoms in total. The Morgan fingerprint density at radius 3 is 2.56 bits per heavy atom. The Morgan fingerprint density at radius 1 is 1.24 bits per heavy atom. The predicted octanol–water partition coefficient (Wildman–Crippen LogP) is 0.108. The Hall–Kier alpha value is -2.36. The topological polar surface area (TPSA) is 121 Å². The molecule has 0 aliphatic rings. The minimum Gasteiger partial charge on any atom is -0.395 e. The normalized spacial score (nSPS) is 12.6. The maximum Gasteiger partial charge on any atom is 0.251 e. The molecule has 2 rings (SSSR count). The van der Waals surface area contributed by atoms with Crippen molar-refractivity contribution < 1.29 is 18.3 Å². The van der Waals surface area contributed by atoms with Gasteiger partial charge in [-0.3, -0.25) is 14.8 Å². The van der Waals surface area contributed by atoms with E-state index in [2.05, 4.69) is 20.0 Å². The molecule has 0 bridgehead atoms. The minimum atomic E-state index is -3.69. The summed E-state index contributed by atoms with van der Waals surface area (Å²) >= 11 is 0. The summed E-state index contributed by atoms with van der Waals surface area (Å²) in [5, 5.41) is 11.5. The highest BCUT2D eigenvalue weighted by Gasteiger charge is 2.15. The van der Waals surface area contributed by atoms with Crippen LogP contribution in [0.2, 0.25) is 0 Å². The van der Waals surface area contributed by atoms with Gasteiger partial charge in [-0.05, 0) is 31.2 Å². The molecule has 9 heteroatoms. The van der Waals surface area contributed by atoms with Crippen LogP contribution in [0.1, 0.15) is 23.0 Å². The molecule has 1 aromatic carbocycles. The summed E-state index contributed by atoms with van der Waals surface area (Å²) in [5.74, 6) is -0.302.